The SMILES string of the molecule is Cc1cc(C)c(C#N)c(N2CCCC(COc3ccccn3)C2)n1. The van der Waals surface area contributed by atoms with Crippen molar-refractivity contribution in [3.8, 4) is 11.9 Å². The van der Waals surface area contributed by atoms with Crippen molar-refractivity contribution < 1.29 is 4.74 Å². The normalized spacial score (nSPS) is 17.4. The largest absolute Gasteiger partial charge is 0.477 e. The Labute approximate surface area is 142 Å². The highest BCUT2D eigenvalue weighted by molar-refractivity contribution is 5.58. The van der Waals surface area contributed by atoms with E-state index in [1.807, 2.05) is 38.1 Å². The summed E-state index contributed by atoms with van der Waals surface area (Å²) in [5, 5.41) is 9.49. The van der Waals surface area contributed by atoms with Crippen LogP contribution < -0.4 is 9.64 Å². The van der Waals surface area contributed by atoms with Gasteiger partial charge in [0.25, 0.3) is 0 Å². The number of hydrogen-bond donors (Lipinski definition) is 0. The van der Waals surface area contributed by atoms with Gasteiger partial charge >= 0.3 is 0 Å². The number of pyridine rings is 2. The second-order valence-corrected chi connectivity index (χ2v) is 6.32. The van der Waals surface area contributed by atoms with Gasteiger partial charge in [-0.15, -0.1) is 0 Å². The third-order valence-corrected chi connectivity index (χ3v) is 4.36. The topological polar surface area (TPSA) is 62.0 Å². The molecular weight excluding hydrogens is 300 g/mol. The second-order valence-electron chi connectivity index (χ2n) is 6.32. The number of nitrogens with zero attached hydrogens (tertiary/aromatic N) is 4. The van der Waals surface area contributed by atoms with Crippen LogP contribution in [-0.2, 0) is 0 Å². The van der Waals surface area contributed by atoms with Crippen LogP contribution in [0.5, 0.6) is 5.88 Å². The van der Waals surface area contributed by atoms with E-state index in [0.29, 0.717) is 24.0 Å². The molecule has 0 radical (unpaired) electrons. The Hall–Kier alpha value is -2.61. The Morgan fingerprint density at radius 1 is 1.38 bits per heavy atom. The highest BCUT2D eigenvalue weighted by Gasteiger charge is 2.24. The van der Waals surface area contributed by atoms with Crippen molar-refractivity contribution in [2.45, 2.75) is 26.7 Å². The average Bonchev–Trinajstić information content (AvgIpc) is 2.60. The van der Waals surface area contributed by atoms with E-state index in [4.69, 9.17) is 4.74 Å². The van der Waals surface area contributed by atoms with Gasteiger partial charge in [0.05, 0.1) is 12.2 Å². The fourth-order valence-corrected chi connectivity index (χ4v) is 3.21. The molecular formula is C19H22N4O. The maximum Gasteiger partial charge on any atom is 0.213 e. The molecule has 0 saturated carbocycles. The highest BCUT2D eigenvalue weighted by Crippen LogP contribution is 2.27. The zero-order valence-corrected chi connectivity index (χ0v) is 14.2. The van der Waals surface area contributed by atoms with Gasteiger partial charge in [-0.25, -0.2) is 9.97 Å². The van der Waals surface area contributed by atoms with Crippen molar-refractivity contribution in [1.82, 2.24) is 9.97 Å². The van der Waals surface area contributed by atoms with E-state index >= 15 is 0 Å². The first kappa shape index (κ1) is 16.3. The molecule has 2 aromatic heterocycles. The molecule has 5 heteroatoms. The first-order chi connectivity index (χ1) is 11.7. The van der Waals surface area contributed by atoms with Crippen molar-refractivity contribution in [2.24, 2.45) is 5.92 Å². The van der Waals surface area contributed by atoms with Gasteiger partial charge < -0.3 is 9.64 Å². The van der Waals surface area contributed by atoms with Gasteiger partial charge in [0.1, 0.15) is 11.9 Å². The third-order valence-electron chi connectivity index (χ3n) is 4.36. The molecule has 1 fully saturated rings. The van der Waals surface area contributed by atoms with Crippen molar-refractivity contribution in [1.29, 1.82) is 5.26 Å². The van der Waals surface area contributed by atoms with Gasteiger partial charge in [-0.1, -0.05) is 6.07 Å². The summed E-state index contributed by atoms with van der Waals surface area (Å²) in [5.74, 6) is 1.89. The molecule has 0 aliphatic carbocycles. The monoisotopic (exact) mass is 322 g/mol. The Balaban J connectivity index is 1.71. The first-order valence-electron chi connectivity index (χ1n) is 8.34. The van der Waals surface area contributed by atoms with Crippen LogP contribution in [-0.4, -0.2) is 29.7 Å². The number of hydrogen-bond acceptors (Lipinski definition) is 5. The summed E-state index contributed by atoms with van der Waals surface area (Å²) in [6, 6.07) is 9.96. The molecule has 0 bridgehead atoms. The summed E-state index contributed by atoms with van der Waals surface area (Å²) >= 11 is 0. The molecule has 0 amide bonds. The zero-order chi connectivity index (χ0) is 16.9. The van der Waals surface area contributed by atoms with Crippen molar-refractivity contribution in [3.63, 3.8) is 0 Å². The molecule has 1 aliphatic rings. The molecule has 3 heterocycles. The molecule has 24 heavy (non-hydrogen) atoms. The Morgan fingerprint density at radius 2 is 2.25 bits per heavy atom. The standard InChI is InChI=1S/C19H22N4O/c1-14-10-15(2)22-19(17(14)11-20)23-9-5-6-16(12-23)13-24-18-7-3-4-8-21-18/h3-4,7-8,10,16H,5-6,9,12-13H2,1-2H3. The molecule has 0 N–H and O–H groups in total. The van der Waals surface area contributed by atoms with Crippen molar-refractivity contribution in [2.75, 3.05) is 24.6 Å². The Bertz CT molecular complexity index is 739. The van der Waals surface area contributed by atoms with Crippen LogP contribution in [0.15, 0.2) is 30.5 Å². The number of ether oxygens (including phenoxy) is 1. The van der Waals surface area contributed by atoms with Gasteiger partial charge in [0.15, 0.2) is 0 Å². The van der Waals surface area contributed by atoms with Crippen LogP contribution >= 0.6 is 0 Å². The van der Waals surface area contributed by atoms with Gasteiger partial charge in [-0.05, 0) is 44.4 Å². The van der Waals surface area contributed by atoms with Crippen molar-refractivity contribution >= 4 is 5.82 Å². The lowest BCUT2D eigenvalue weighted by Crippen LogP contribution is -2.38. The van der Waals surface area contributed by atoms with E-state index < -0.39 is 0 Å². The molecule has 2 aromatic rings. The molecule has 1 unspecified atom stereocenters. The lowest BCUT2D eigenvalue weighted by molar-refractivity contribution is 0.221. The van der Waals surface area contributed by atoms with E-state index in [1.165, 1.54) is 0 Å². The van der Waals surface area contributed by atoms with Crippen LogP contribution in [0.25, 0.3) is 0 Å². The predicted octanol–water partition coefficient (Wildman–Crippen LogP) is 3.26. The molecule has 1 atom stereocenters. The molecule has 0 aromatic carbocycles. The Kier molecular flexibility index (Phi) is 4.95. The number of piperidine rings is 1. The zero-order valence-electron chi connectivity index (χ0n) is 14.2. The minimum Gasteiger partial charge on any atom is -0.477 e. The van der Waals surface area contributed by atoms with Gasteiger partial charge in [0.2, 0.25) is 5.88 Å². The van der Waals surface area contributed by atoms with Gasteiger partial charge in [0, 0.05) is 37.0 Å². The van der Waals surface area contributed by atoms with E-state index in [9.17, 15) is 5.26 Å². The smallest absolute Gasteiger partial charge is 0.213 e. The predicted molar refractivity (Wildman–Crippen MR) is 93.1 cm³/mol. The van der Waals surface area contributed by atoms with Crippen molar-refractivity contribution in [3.05, 3.63) is 47.3 Å². The molecule has 124 valence electrons. The van der Waals surface area contributed by atoms with Gasteiger partial charge in [-0.3, -0.25) is 0 Å². The maximum absolute atomic E-state index is 9.49. The summed E-state index contributed by atoms with van der Waals surface area (Å²) < 4.78 is 5.81. The summed E-state index contributed by atoms with van der Waals surface area (Å²) in [5.41, 5.74) is 2.63. The molecule has 5 nitrogen and oxygen atoms in total. The minimum atomic E-state index is 0.412. The number of nitriles is 1. The molecule has 1 saturated heterocycles. The fourth-order valence-electron chi connectivity index (χ4n) is 3.21. The van der Waals surface area contributed by atoms with Crippen LogP contribution in [0, 0.1) is 31.1 Å². The minimum absolute atomic E-state index is 0.412. The number of aryl methyl sites for hydroxylation is 2. The summed E-state index contributed by atoms with van der Waals surface area (Å²) in [6.45, 7) is 6.38. The third kappa shape index (κ3) is 3.65. The first-order valence-corrected chi connectivity index (χ1v) is 8.34. The van der Waals surface area contributed by atoms with E-state index in [-0.39, 0.29) is 0 Å². The quantitative estimate of drug-likeness (QED) is 0.864. The van der Waals surface area contributed by atoms with E-state index in [1.54, 1.807) is 6.20 Å². The van der Waals surface area contributed by atoms with E-state index in [0.717, 1.165) is 43.0 Å². The molecule has 0 spiro atoms. The maximum atomic E-state index is 9.49. The summed E-state index contributed by atoms with van der Waals surface area (Å²) in [6.07, 6.45) is 3.94. The second kappa shape index (κ2) is 7.31. The van der Waals surface area contributed by atoms with Crippen LogP contribution in [0.2, 0.25) is 0 Å². The average molecular weight is 322 g/mol. The highest BCUT2D eigenvalue weighted by atomic mass is 16.5. The van der Waals surface area contributed by atoms with Crippen LogP contribution in [0.4, 0.5) is 5.82 Å². The molecule has 3 rings (SSSR count). The number of anilines is 1. The fraction of sp³-hybridized carbons (Fsp3) is 0.421. The van der Waals surface area contributed by atoms with E-state index in [2.05, 4.69) is 20.9 Å². The van der Waals surface area contributed by atoms with Crippen LogP contribution in [0.3, 0.4) is 0 Å². The van der Waals surface area contributed by atoms with Gasteiger partial charge in [-0.2, -0.15) is 5.26 Å². The molecule has 1 aliphatic heterocycles. The van der Waals surface area contributed by atoms with Crippen LogP contribution in [0.1, 0.15) is 29.7 Å². The lowest BCUT2D eigenvalue weighted by atomic mass is 9.98. The lowest BCUT2D eigenvalue weighted by Gasteiger charge is -2.34. The summed E-state index contributed by atoms with van der Waals surface area (Å²) in [7, 11) is 0. The summed E-state index contributed by atoms with van der Waals surface area (Å²) in [4.78, 5) is 11.1. The Morgan fingerprint density at radius 3 is 3.00 bits per heavy atom. The number of rotatable bonds is 4. The number of aromatic nitrogens is 2.